The highest BCUT2D eigenvalue weighted by Crippen LogP contribution is 2.20. The molecule has 3 nitrogen and oxygen atoms in total. The Labute approximate surface area is 117 Å². The molecule has 0 aromatic rings. The summed E-state index contributed by atoms with van der Waals surface area (Å²) in [5.41, 5.74) is 0. The summed E-state index contributed by atoms with van der Waals surface area (Å²) in [5, 5.41) is 6.61. The summed E-state index contributed by atoms with van der Waals surface area (Å²) in [6.07, 6.45) is 15.4. The molecule has 19 heavy (non-hydrogen) atoms. The number of hydrogen-bond acceptors (Lipinski definition) is 2. The van der Waals surface area contributed by atoms with E-state index in [0.717, 1.165) is 25.9 Å². The first-order valence-corrected chi connectivity index (χ1v) is 8.01. The van der Waals surface area contributed by atoms with Crippen molar-refractivity contribution in [1.29, 1.82) is 0 Å². The van der Waals surface area contributed by atoms with Gasteiger partial charge in [-0.25, -0.2) is 0 Å². The van der Waals surface area contributed by atoms with Gasteiger partial charge in [-0.05, 0) is 31.6 Å². The molecule has 0 aliphatic heterocycles. The van der Waals surface area contributed by atoms with Crippen molar-refractivity contribution < 1.29 is 4.79 Å². The number of amides is 1. The quantitative estimate of drug-likeness (QED) is 0.440. The van der Waals surface area contributed by atoms with Crippen molar-refractivity contribution in [3.05, 3.63) is 12.2 Å². The lowest BCUT2D eigenvalue weighted by molar-refractivity contribution is -0.121. The number of nitrogens with one attached hydrogen (secondary N) is 2. The van der Waals surface area contributed by atoms with Crippen LogP contribution in [0.1, 0.15) is 57.8 Å². The Kier molecular flexibility index (Phi) is 6.42. The van der Waals surface area contributed by atoms with Gasteiger partial charge in [-0.1, -0.05) is 37.8 Å². The Morgan fingerprint density at radius 1 is 1.05 bits per heavy atom. The molecule has 1 saturated carbocycles. The van der Waals surface area contributed by atoms with Gasteiger partial charge in [0.25, 0.3) is 0 Å². The lowest BCUT2D eigenvalue weighted by Crippen LogP contribution is -2.37. The molecular formula is C16H28N2O. The zero-order valence-corrected chi connectivity index (χ0v) is 12.0. The zero-order valence-electron chi connectivity index (χ0n) is 12.0. The fourth-order valence-corrected chi connectivity index (χ4v) is 3.14. The number of allylic oxidation sites excluding steroid dienone is 2. The summed E-state index contributed by atoms with van der Waals surface area (Å²) >= 11 is 0. The fourth-order valence-electron chi connectivity index (χ4n) is 3.14. The maximum Gasteiger partial charge on any atom is 0.220 e. The topological polar surface area (TPSA) is 41.1 Å². The van der Waals surface area contributed by atoms with Crippen LogP contribution in [0.25, 0.3) is 0 Å². The number of rotatable bonds is 6. The normalized spacial score (nSPS) is 24.3. The molecule has 1 unspecified atom stereocenters. The van der Waals surface area contributed by atoms with Crippen molar-refractivity contribution in [2.45, 2.75) is 63.8 Å². The second-order valence-electron chi connectivity index (χ2n) is 5.96. The van der Waals surface area contributed by atoms with E-state index in [-0.39, 0.29) is 5.91 Å². The van der Waals surface area contributed by atoms with Crippen molar-refractivity contribution in [3.8, 4) is 0 Å². The predicted octanol–water partition coefficient (Wildman–Crippen LogP) is 2.77. The van der Waals surface area contributed by atoms with Gasteiger partial charge >= 0.3 is 0 Å². The molecule has 2 rings (SSSR count). The van der Waals surface area contributed by atoms with Gasteiger partial charge in [0.1, 0.15) is 0 Å². The summed E-state index contributed by atoms with van der Waals surface area (Å²) < 4.78 is 0. The van der Waals surface area contributed by atoms with E-state index >= 15 is 0 Å². The van der Waals surface area contributed by atoms with Crippen LogP contribution in [-0.2, 0) is 4.79 Å². The van der Waals surface area contributed by atoms with Gasteiger partial charge in [0.05, 0.1) is 0 Å². The van der Waals surface area contributed by atoms with Crippen LogP contribution < -0.4 is 10.6 Å². The summed E-state index contributed by atoms with van der Waals surface area (Å²) in [6, 6.07) is 0.678. The van der Waals surface area contributed by atoms with Crippen molar-refractivity contribution in [1.82, 2.24) is 10.6 Å². The highest BCUT2D eigenvalue weighted by Gasteiger charge is 2.14. The van der Waals surface area contributed by atoms with Gasteiger partial charge < -0.3 is 10.6 Å². The van der Waals surface area contributed by atoms with E-state index in [1.54, 1.807) is 0 Å². The average molecular weight is 264 g/mol. The van der Waals surface area contributed by atoms with Gasteiger partial charge in [0.15, 0.2) is 0 Å². The number of hydrogen-bond donors (Lipinski definition) is 2. The second-order valence-corrected chi connectivity index (χ2v) is 5.96. The SMILES string of the molecule is O=C(CC1C=CCC1)NCCNC1CCCCCC1. The van der Waals surface area contributed by atoms with Gasteiger partial charge in [0.2, 0.25) is 5.91 Å². The van der Waals surface area contributed by atoms with Crippen LogP contribution in [0.3, 0.4) is 0 Å². The van der Waals surface area contributed by atoms with E-state index in [2.05, 4.69) is 22.8 Å². The van der Waals surface area contributed by atoms with E-state index in [1.165, 1.54) is 38.5 Å². The minimum absolute atomic E-state index is 0.208. The molecular weight excluding hydrogens is 236 g/mol. The van der Waals surface area contributed by atoms with Crippen molar-refractivity contribution in [2.24, 2.45) is 5.92 Å². The van der Waals surface area contributed by atoms with Gasteiger partial charge in [0, 0.05) is 25.6 Å². The van der Waals surface area contributed by atoms with Crippen LogP contribution in [0, 0.1) is 5.92 Å². The van der Waals surface area contributed by atoms with Gasteiger partial charge in [-0.15, -0.1) is 0 Å². The van der Waals surface area contributed by atoms with E-state index < -0.39 is 0 Å². The third-order valence-electron chi connectivity index (χ3n) is 4.30. The van der Waals surface area contributed by atoms with Gasteiger partial charge in [-0.2, -0.15) is 0 Å². The molecule has 108 valence electrons. The third-order valence-corrected chi connectivity index (χ3v) is 4.30. The molecule has 0 spiro atoms. The van der Waals surface area contributed by atoms with E-state index in [9.17, 15) is 4.79 Å². The zero-order chi connectivity index (χ0) is 13.3. The Bertz CT molecular complexity index is 293. The van der Waals surface area contributed by atoms with Crippen LogP contribution >= 0.6 is 0 Å². The van der Waals surface area contributed by atoms with Crippen LogP contribution in [0.15, 0.2) is 12.2 Å². The number of carbonyl (C=O) groups is 1. The standard InChI is InChI=1S/C16H28N2O/c19-16(13-14-7-5-6-8-14)18-12-11-17-15-9-3-1-2-4-10-15/h5,7,14-15,17H,1-4,6,8-13H2,(H,18,19). The van der Waals surface area contributed by atoms with Crippen LogP contribution in [0.2, 0.25) is 0 Å². The Hall–Kier alpha value is -0.830. The average Bonchev–Trinajstić information content (AvgIpc) is 2.76. The van der Waals surface area contributed by atoms with E-state index in [4.69, 9.17) is 0 Å². The molecule has 1 atom stereocenters. The van der Waals surface area contributed by atoms with E-state index in [0.29, 0.717) is 18.4 Å². The molecule has 0 saturated heterocycles. The van der Waals surface area contributed by atoms with Crippen molar-refractivity contribution in [2.75, 3.05) is 13.1 Å². The molecule has 0 radical (unpaired) electrons. The summed E-state index contributed by atoms with van der Waals surface area (Å²) in [4.78, 5) is 11.7. The molecule has 2 aliphatic carbocycles. The smallest absolute Gasteiger partial charge is 0.220 e. The summed E-state index contributed by atoms with van der Waals surface area (Å²) in [5.74, 6) is 0.689. The lowest BCUT2D eigenvalue weighted by atomic mass is 10.1. The Morgan fingerprint density at radius 2 is 1.84 bits per heavy atom. The Morgan fingerprint density at radius 3 is 2.53 bits per heavy atom. The minimum atomic E-state index is 0.208. The molecule has 0 aromatic carbocycles. The largest absolute Gasteiger partial charge is 0.355 e. The molecule has 3 heteroatoms. The van der Waals surface area contributed by atoms with Crippen molar-refractivity contribution >= 4 is 5.91 Å². The molecule has 1 fully saturated rings. The van der Waals surface area contributed by atoms with E-state index in [1.807, 2.05) is 0 Å². The first-order valence-electron chi connectivity index (χ1n) is 8.01. The van der Waals surface area contributed by atoms with Crippen molar-refractivity contribution in [3.63, 3.8) is 0 Å². The molecule has 0 bridgehead atoms. The molecule has 1 amide bonds. The van der Waals surface area contributed by atoms with Gasteiger partial charge in [-0.3, -0.25) is 4.79 Å². The van der Waals surface area contributed by atoms with Crippen LogP contribution in [0.4, 0.5) is 0 Å². The first-order chi connectivity index (χ1) is 9.34. The summed E-state index contributed by atoms with van der Waals surface area (Å²) in [7, 11) is 0. The highest BCUT2D eigenvalue weighted by molar-refractivity contribution is 5.76. The highest BCUT2D eigenvalue weighted by atomic mass is 16.1. The number of carbonyl (C=O) groups excluding carboxylic acids is 1. The monoisotopic (exact) mass is 264 g/mol. The maximum absolute atomic E-state index is 11.7. The maximum atomic E-state index is 11.7. The molecule has 0 aromatic heterocycles. The Balaban J connectivity index is 1.50. The predicted molar refractivity (Wildman–Crippen MR) is 79.0 cm³/mol. The molecule has 0 heterocycles. The fraction of sp³-hybridized carbons (Fsp3) is 0.812. The molecule has 2 aliphatic rings. The lowest BCUT2D eigenvalue weighted by Gasteiger charge is -2.16. The first kappa shape index (κ1) is 14.6. The molecule has 2 N–H and O–H groups in total. The second kappa shape index (κ2) is 8.36. The van der Waals surface area contributed by atoms with Crippen LogP contribution in [-0.4, -0.2) is 25.0 Å². The van der Waals surface area contributed by atoms with Crippen LogP contribution in [0.5, 0.6) is 0 Å². The minimum Gasteiger partial charge on any atom is -0.355 e. The summed E-state index contributed by atoms with van der Waals surface area (Å²) in [6.45, 7) is 1.68. The third kappa shape index (κ3) is 5.77.